The van der Waals surface area contributed by atoms with Crippen LogP contribution in [0.25, 0.3) is 0 Å². The fourth-order valence-electron chi connectivity index (χ4n) is 1.72. The number of hydrogen-bond acceptors (Lipinski definition) is 2. The summed E-state index contributed by atoms with van der Waals surface area (Å²) in [5.74, 6) is 2.51. The molecular weight excluding hydrogens is 178 g/mol. The van der Waals surface area contributed by atoms with Crippen LogP contribution in [0.4, 0.5) is 0 Å². The summed E-state index contributed by atoms with van der Waals surface area (Å²) in [5.41, 5.74) is -0.632. The Kier molecular flexibility index (Phi) is 3.54. The Hall–Kier alpha value is -1.01. The molecule has 1 fully saturated rings. The minimum absolute atomic E-state index is 0.0236. The van der Waals surface area contributed by atoms with Gasteiger partial charge < -0.3 is 9.64 Å². The fraction of sp³-hybridized carbons (Fsp3) is 0.727. The lowest BCUT2D eigenvalue weighted by Gasteiger charge is -2.28. The highest BCUT2D eigenvalue weighted by Gasteiger charge is 2.39. The lowest BCUT2D eigenvalue weighted by molar-refractivity contribution is -0.150. The van der Waals surface area contributed by atoms with Crippen LogP contribution in [0.3, 0.4) is 0 Å². The standard InChI is InChI=1S/C11H17NO2/c1-4-8-12(5-2)10(13)11(3)7-6-9-14-11/h1H,5-9H2,2-3H3. The van der Waals surface area contributed by atoms with Gasteiger partial charge in [-0.2, -0.15) is 0 Å². The molecule has 0 N–H and O–H groups in total. The highest BCUT2D eigenvalue weighted by Crippen LogP contribution is 2.26. The average Bonchev–Trinajstić information content (AvgIpc) is 2.62. The van der Waals surface area contributed by atoms with Gasteiger partial charge in [-0.15, -0.1) is 6.42 Å². The smallest absolute Gasteiger partial charge is 0.255 e. The first-order chi connectivity index (χ1) is 6.64. The van der Waals surface area contributed by atoms with E-state index < -0.39 is 5.60 Å². The molecule has 1 amide bonds. The number of carbonyl (C=O) groups excluding carboxylic acids is 1. The predicted molar refractivity (Wildman–Crippen MR) is 54.7 cm³/mol. The lowest BCUT2D eigenvalue weighted by atomic mass is 10.0. The average molecular weight is 195 g/mol. The van der Waals surface area contributed by atoms with Crippen LogP contribution in [-0.2, 0) is 9.53 Å². The molecule has 1 heterocycles. The number of carbonyl (C=O) groups is 1. The number of likely N-dealkylation sites (N-methyl/N-ethyl adjacent to an activating group) is 1. The molecule has 0 radical (unpaired) electrons. The topological polar surface area (TPSA) is 29.5 Å². The van der Waals surface area contributed by atoms with Crippen LogP contribution in [0.15, 0.2) is 0 Å². The molecule has 0 spiro atoms. The molecule has 0 bridgehead atoms. The summed E-state index contributed by atoms with van der Waals surface area (Å²) in [4.78, 5) is 13.7. The van der Waals surface area contributed by atoms with E-state index in [0.29, 0.717) is 19.7 Å². The van der Waals surface area contributed by atoms with E-state index in [1.807, 2.05) is 13.8 Å². The van der Waals surface area contributed by atoms with Gasteiger partial charge in [0.05, 0.1) is 6.54 Å². The Labute approximate surface area is 85.4 Å². The van der Waals surface area contributed by atoms with Crippen molar-refractivity contribution in [3.8, 4) is 12.3 Å². The van der Waals surface area contributed by atoms with Crippen LogP contribution in [0.2, 0.25) is 0 Å². The highest BCUT2D eigenvalue weighted by atomic mass is 16.5. The maximum atomic E-state index is 12.0. The van der Waals surface area contributed by atoms with Crippen molar-refractivity contribution in [2.45, 2.75) is 32.3 Å². The molecule has 0 aliphatic carbocycles. The Bertz CT molecular complexity index is 249. The van der Waals surface area contributed by atoms with Crippen molar-refractivity contribution in [3.63, 3.8) is 0 Å². The number of ether oxygens (including phenoxy) is 1. The summed E-state index contributed by atoms with van der Waals surface area (Å²) in [7, 11) is 0. The first-order valence-corrected chi connectivity index (χ1v) is 5.01. The molecule has 3 heteroatoms. The van der Waals surface area contributed by atoms with Gasteiger partial charge in [0.1, 0.15) is 5.60 Å². The summed E-state index contributed by atoms with van der Waals surface area (Å²) >= 11 is 0. The zero-order valence-corrected chi connectivity index (χ0v) is 8.88. The van der Waals surface area contributed by atoms with E-state index in [4.69, 9.17) is 11.2 Å². The summed E-state index contributed by atoms with van der Waals surface area (Å²) in [5, 5.41) is 0. The van der Waals surface area contributed by atoms with Crippen LogP contribution in [0.1, 0.15) is 26.7 Å². The van der Waals surface area contributed by atoms with Crippen LogP contribution in [-0.4, -0.2) is 36.1 Å². The normalized spacial score (nSPS) is 25.8. The Morgan fingerprint density at radius 3 is 2.86 bits per heavy atom. The van der Waals surface area contributed by atoms with Crippen molar-refractivity contribution in [1.29, 1.82) is 0 Å². The second-order valence-electron chi connectivity index (χ2n) is 3.71. The molecule has 1 unspecified atom stereocenters. The molecule has 0 aromatic rings. The summed E-state index contributed by atoms with van der Waals surface area (Å²) in [6, 6.07) is 0. The minimum Gasteiger partial charge on any atom is -0.365 e. The number of nitrogens with zero attached hydrogens (tertiary/aromatic N) is 1. The largest absolute Gasteiger partial charge is 0.365 e. The minimum atomic E-state index is -0.632. The molecule has 1 saturated heterocycles. The van der Waals surface area contributed by atoms with E-state index in [-0.39, 0.29) is 5.91 Å². The van der Waals surface area contributed by atoms with Gasteiger partial charge in [0.15, 0.2) is 0 Å². The van der Waals surface area contributed by atoms with E-state index in [0.717, 1.165) is 12.8 Å². The van der Waals surface area contributed by atoms with Gasteiger partial charge in [0.25, 0.3) is 5.91 Å². The Balaban J connectivity index is 2.67. The summed E-state index contributed by atoms with van der Waals surface area (Å²) < 4.78 is 5.47. The molecule has 0 aromatic carbocycles. The molecule has 1 aliphatic rings. The maximum Gasteiger partial charge on any atom is 0.255 e. The molecule has 78 valence electrons. The van der Waals surface area contributed by atoms with E-state index in [2.05, 4.69) is 5.92 Å². The second-order valence-corrected chi connectivity index (χ2v) is 3.71. The van der Waals surface area contributed by atoms with Crippen LogP contribution >= 0.6 is 0 Å². The van der Waals surface area contributed by atoms with Gasteiger partial charge in [-0.25, -0.2) is 0 Å². The lowest BCUT2D eigenvalue weighted by Crippen LogP contribution is -2.46. The fourth-order valence-corrected chi connectivity index (χ4v) is 1.72. The molecule has 0 aromatic heterocycles. The van der Waals surface area contributed by atoms with Crippen LogP contribution in [0, 0.1) is 12.3 Å². The highest BCUT2D eigenvalue weighted by molar-refractivity contribution is 5.85. The van der Waals surface area contributed by atoms with Crippen LogP contribution < -0.4 is 0 Å². The number of terminal acetylenes is 1. The van der Waals surface area contributed by atoms with Gasteiger partial charge in [-0.05, 0) is 26.7 Å². The molecule has 1 atom stereocenters. The first-order valence-electron chi connectivity index (χ1n) is 5.01. The van der Waals surface area contributed by atoms with Gasteiger partial charge in [0, 0.05) is 13.2 Å². The molecule has 1 aliphatic heterocycles. The number of amides is 1. The molecule has 1 rings (SSSR count). The molecule has 3 nitrogen and oxygen atoms in total. The third kappa shape index (κ3) is 2.08. The van der Waals surface area contributed by atoms with Crippen molar-refractivity contribution in [2.24, 2.45) is 0 Å². The third-order valence-corrected chi connectivity index (χ3v) is 2.62. The maximum absolute atomic E-state index is 12.0. The van der Waals surface area contributed by atoms with Crippen molar-refractivity contribution in [3.05, 3.63) is 0 Å². The van der Waals surface area contributed by atoms with Crippen molar-refractivity contribution >= 4 is 5.91 Å². The summed E-state index contributed by atoms with van der Waals surface area (Å²) in [6.07, 6.45) is 6.95. The third-order valence-electron chi connectivity index (χ3n) is 2.62. The number of hydrogen-bond donors (Lipinski definition) is 0. The van der Waals surface area contributed by atoms with E-state index >= 15 is 0 Å². The zero-order chi connectivity index (χ0) is 10.6. The number of rotatable bonds is 3. The van der Waals surface area contributed by atoms with Gasteiger partial charge in [-0.1, -0.05) is 5.92 Å². The molecular formula is C11H17NO2. The Morgan fingerprint density at radius 2 is 2.43 bits per heavy atom. The van der Waals surface area contributed by atoms with Gasteiger partial charge in [-0.3, -0.25) is 4.79 Å². The summed E-state index contributed by atoms with van der Waals surface area (Å²) in [6.45, 7) is 5.46. The monoisotopic (exact) mass is 195 g/mol. The molecule has 14 heavy (non-hydrogen) atoms. The van der Waals surface area contributed by atoms with Gasteiger partial charge >= 0.3 is 0 Å². The first kappa shape index (κ1) is 11.1. The van der Waals surface area contributed by atoms with Gasteiger partial charge in [0.2, 0.25) is 0 Å². The second kappa shape index (κ2) is 4.47. The zero-order valence-electron chi connectivity index (χ0n) is 8.88. The predicted octanol–water partition coefficient (Wildman–Crippen LogP) is 1.04. The molecule has 0 saturated carbocycles. The Morgan fingerprint density at radius 1 is 1.71 bits per heavy atom. The van der Waals surface area contributed by atoms with Crippen molar-refractivity contribution < 1.29 is 9.53 Å². The van der Waals surface area contributed by atoms with Crippen molar-refractivity contribution in [2.75, 3.05) is 19.7 Å². The van der Waals surface area contributed by atoms with E-state index in [1.54, 1.807) is 4.90 Å². The quantitative estimate of drug-likeness (QED) is 0.630. The van der Waals surface area contributed by atoms with Crippen LogP contribution in [0.5, 0.6) is 0 Å². The van der Waals surface area contributed by atoms with Crippen molar-refractivity contribution in [1.82, 2.24) is 4.90 Å². The van der Waals surface area contributed by atoms with E-state index in [1.165, 1.54) is 0 Å². The van der Waals surface area contributed by atoms with E-state index in [9.17, 15) is 4.79 Å². The SMILES string of the molecule is C#CCN(CC)C(=O)C1(C)CCCO1.